The van der Waals surface area contributed by atoms with Gasteiger partial charge in [0, 0.05) is 29.8 Å². The quantitative estimate of drug-likeness (QED) is 0.732. The number of fused-ring (bicyclic) bond motifs is 2. The third-order valence-electron chi connectivity index (χ3n) is 5.49. The topological polar surface area (TPSA) is 78.3 Å². The van der Waals surface area contributed by atoms with Crippen LogP contribution in [0.4, 0.5) is 5.69 Å². The Balaban J connectivity index is 1.43. The molecule has 0 saturated heterocycles. The van der Waals surface area contributed by atoms with E-state index in [1.54, 1.807) is 18.2 Å². The number of aromatic nitrogens is 3. The Morgan fingerprint density at radius 2 is 1.93 bits per heavy atom. The molecule has 7 nitrogen and oxygen atoms in total. The highest BCUT2D eigenvalue weighted by Gasteiger charge is 2.19. The molecule has 1 amide bonds. The largest absolute Gasteiger partial charge is 0.454 e. The lowest BCUT2D eigenvalue weighted by molar-refractivity contribution is 0.102. The number of amides is 1. The summed E-state index contributed by atoms with van der Waals surface area (Å²) in [7, 11) is 0. The van der Waals surface area contributed by atoms with Gasteiger partial charge in [-0.3, -0.25) is 4.79 Å². The van der Waals surface area contributed by atoms with Crippen molar-refractivity contribution in [2.24, 2.45) is 0 Å². The van der Waals surface area contributed by atoms with E-state index >= 15 is 0 Å². The van der Waals surface area contributed by atoms with Gasteiger partial charge < -0.3 is 19.4 Å². The second-order valence-corrected chi connectivity index (χ2v) is 7.45. The van der Waals surface area contributed by atoms with Crippen molar-refractivity contribution in [1.29, 1.82) is 0 Å². The molecule has 7 heteroatoms. The Morgan fingerprint density at radius 3 is 2.86 bits per heavy atom. The molecule has 0 fully saturated rings. The summed E-state index contributed by atoms with van der Waals surface area (Å²) in [6.07, 6.45) is 4.47. The van der Waals surface area contributed by atoms with Gasteiger partial charge in [0.05, 0.1) is 0 Å². The Morgan fingerprint density at radius 1 is 1.03 bits per heavy atom. The summed E-state index contributed by atoms with van der Waals surface area (Å²) in [5.41, 5.74) is 3.22. The van der Waals surface area contributed by atoms with Crippen LogP contribution in [0.25, 0.3) is 11.4 Å². The van der Waals surface area contributed by atoms with Crippen molar-refractivity contribution in [1.82, 2.24) is 14.8 Å². The lowest BCUT2D eigenvalue weighted by Crippen LogP contribution is -2.13. The summed E-state index contributed by atoms with van der Waals surface area (Å²) in [4.78, 5) is 12.8. The molecule has 2 aliphatic rings. The predicted octanol–water partition coefficient (Wildman–Crippen LogP) is 3.96. The number of rotatable bonds is 3. The van der Waals surface area contributed by atoms with E-state index < -0.39 is 0 Å². The molecule has 2 aromatic carbocycles. The number of nitrogens with zero attached hydrogens (tertiary/aromatic N) is 3. The van der Waals surface area contributed by atoms with Gasteiger partial charge in [-0.25, -0.2) is 0 Å². The van der Waals surface area contributed by atoms with Crippen LogP contribution in [0.3, 0.4) is 0 Å². The fourth-order valence-electron chi connectivity index (χ4n) is 3.83. The van der Waals surface area contributed by atoms with Crippen molar-refractivity contribution in [2.75, 3.05) is 12.1 Å². The molecular weight excluding hydrogens is 368 g/mol. The van der Waals surface area contributed by atoms with Crippen LogP contribution >= 0.6 is 0 Å². The number of carbonyl (C=O) groups excluding carboxylic acids is 1. The average Bonchev–Trinajstić information content (AvgIpc) is 3.30. The number of ether oxygens (including phenoxy) is 2. The molecule has 0 atom stereocenters. The fourth-order valence-corrected chi connectivity index (χ4v) is 3.83. The minimum Gasteiger partial charge on any atom is -0.454 e. The number of nitrogens with one attached hydrogen (secondary N) is 1. The Hall–Kier alpha value is -3.35. The highest BCUT2D eigenvalue weighted by atomic mass is 16.7. The van der Waals surface area contributed by atoms with E-state index in [2.05, 4.69) is 20.1 Å². The van der Waals surface area contributed by atoms with E-state index in [9.17, 15) is 4.79 Å². The summed E-state index contributed by atoms with van der Waals surface area (Å²) in [5, 5.41) is 11.8. The Labute approximate surface area is 168 Å². The van der Waals surface area contributed by atoms with Crippen molar-refractivity contribution >= 4 is 11.6 Å². The van der Waals surface area contributed by atoms with Crippen LogP contribution in [0.5, 0.6) is 11.5 Å². The first-order valence-electron chi connectivity index (χ1n) is 9.93. The molecule has 5 rings (SSSR count). The molecule has 1 aromatic heterocycles. The van der Waals surface area contributed by atoms with Crippen molar-refractivity contribution in [3.8, 4) is 22.9 Å². The molecule has 29 heavy (non-hydrogen) atoms. The highest BCUT2D eigenvalue weighted by molar-refractivity contribution is 6.05. The van der Waals surface area contributed by atoms with E-state index in [1.165, 1.54) is 6.42 Å². The molecule has 0 spiro atoms. The van der Waals surface area contributed by atoms with Crippen LogP contribution in [0.2, 0.25) is 0 Å². The molecular formula is C22H22N4O3. The van der Waals surface area contributed by atoms with E-state index in [-0.39, 0.29) is 12.7 Å². The molecule has 0 radical (unpaired) electrons. The van der Waals surface area contributed by atoms with Crippen LogP contribution in [-0.2, 0) is 13.0 Å². The molecule has 3 heterocycles. The third kappa shape index (κ3) is 3.33. The maximum absolute atomic E-state index is 12.8. The average molecular weight is 390 g/mol. The van der Waals surface area contributed by atoms with Crippen LogP contribution in [0, 0.1) is 6.92 Å². The fraction of sp³-hybridized carbons (Fsp3) is 0.318. The van der Waals surface area contributed by atoms with Gasteiger partial charge in [0.2, 0.25) is 6.79 Å². The van der Waals surface area contributed by atoms with Crippen molar-refractivity contribution < 1.29 is 14.3 Å². The standard InChI is InChI=1S/C22H22N4O3/c1-14-6-7-15(21-25-24-20-5-3-2-4-10-26(20)21)11-17(14)23-22(27)16-8-9-18-19(12-16)29-13-28-18/h6-9,11-12H,2-5,10,13H2,1H3,(H,23,27). The van der Waals surface area contributed by atoms with E-state index in [4.69, 9.17) is 9.47 Å². The van der Waals surface area contributed by atoms with Gasteiger partial charge in [-0.15, -0.1) is 10.2 Å². The summed E-state index contributed by atoms with van der Waals surface area (Å²) in [6, 6.07) is 11.2. The SMILES string of the molecule is Cc1ccc(-c2nnc3n2CCCCC3)cc1NC(=O)c1ccc2c(c1)OCO2. The molecule has 0 aliphatic carbocycles. The van der Waals surface area contributed by atoms with E-state index in [1.807, 2.05) is 25.1 Å². The zero-order chi connectivity index (χ0) is 19.8. The first kappa shape index (κ1) is 17.7. The molecule has 148 valence electrons. The number of aryl methyl sites for hydroxylation is 2. The van der Waals surface area contributed by atoms with Gasteiger partial charge in [0.15, 0.2) is 17.3 Å². The normalized spacial score (nSPS) is 14.9. The molecule has 1 N–H and O–H groups in total. The molecule has 0 saturated carbocycles. The maximum atomic E-state index is 12.8. The lowest BCUT2D eigenvalue weighted by atomic mass is 10.1. The van der Waals surface area contributed by atoms with Crippen LogP contribution in [-0.4, -0.2) is 27.5 Å². The summed E-state index contributed by atoms with van der Waals surface area (Å²) < 4.78 is 12.9. The molecule has 3 aromatic rings. The summed E-state index contributed by atoms with van der Waals surface area (Å²) >= 11 is 0. The van der Waals surface area contributed by atoms with Crippen LogP contribution < -0.4 is 14.8 Å². The number of hydrogen-bond donors (Lipinski definition) is 1. The van der Waals surface area contributed by atoms with Gasteiger partial charge in [0.25, 0.3) is 5.91 Å². The molecule has 0 unspecified atom stereocenters. The van der Waals surface area contributed by atoms with Gasteiger partial charge in [-0.2, -0.15) is 0 Å². The van der Waals surface area contributed by atoms with Gasteiger partial charge in [-0.1, -0.05) is 18.6 Å². The predicted molar refractivity (Wildman–Crippen MR) is 108 cm³/mol. The number of hydrogen-bond acceptors (Lipinski definition) is 5. The number of anilines is 1. The number of carbonyl (C=O) groups is 1. The van der Waals surface area contributed by atoms with Crippen LogP contribution in [0.15, 0.2) is 36.4 Å². The monoisotopic (exact) mass is 390 g/mol. The van der Waals surface area contributed by atoms with E-state index in [0.717, 1.165) is 54.3 Å². The smallest absolute Gasteiger partial charge is 0.255 e. The maximum Gasteiger partial charge on any atom is 0.255 e. The van der Waals surface area contributed by atoms with Crippen molar-refractivity contribution in [2.45, 2.75) is 39.2 Å². The first-order valence-corrected chi connectivity index (χ1v) is 9.93. The zero-order valence-electron chi connectivity index (χ0n) is 16.3. The minimum absolute atomic E-state index is 0.185. The van der Waals surface area contributed by atoms with Gasteiger partial charge >= 0.3 is 0 Å². The summed E-state index contributed by atoms with van der Waals surface area (Å²) in [6.45, 7) is 3.10. The van der Waals surface area contributed by atoms with Crippen molar-refractivity contribution in [3.63, 3.8) is 0 Å². The molecule has 2 aliphatic heterocycles. The highest BCUT2D eigenvalue weighted by Crippen LogP contribution is 2.33. The molecule has 0 bridgehead atoms. The van der Waals surface area contributed by atoms with Gasteiger partial charge in [0.1, 0.15) is 5.82 Å². The van der Waals surface area contributed by atoms with Gasteiger partial charge in [-0.05, 0) is 49.6 Å². The first-order chi connectivity index (χ1) is 14.2. The third-order valence-corrected chi connectivity index (χ3v) is 5.49. The Kier molecular flexibility index (Phi) is 4.42. The van der Waals surface area contributed by atoms with Crippen molar-refractivity contribution in [3.05, 3.63) is 53.3 Å². The summed E-state index contributed by atoms with van der Waals surface area (Å²) in [5.74, 6) is 2.97. The number of benzene rings is 2. The second kappa shape index (κ2) is 7.24. The minimum atomic E-state index is -0.191. The zero-order valence-corrected chi connectivity index (χ0v) is 16.3. The van der Waals surface area contributed by atoms with E-state index in [0.29, 0.717) is 17.1 Å². The van der Waals surface area contributed by atoms with Crippen LogP contribution in [0.1, 0.15) is 41.0 Å². The Bertz CT molecular complexity index is 1090. The second-order valence-electron chi connectivity index (χ2n) is 7.45. The lowest BCUT2D eigenvalue weighted by Gasteiger charge is -2.12.